The van der Waals surface area contributed by atoms with E-state index in [1.165, 1.54) is 5.70 Å². The van der Waals surface area contributed by atoms with Crippen molar-refractivity contribution < 1.29 is 9.31 Å². The predicted molar refractivity (Wildman–Crippen MR) is 145 cm³/mol. The third-order valence-corrected chi connectivity index (χ3v) is 7.62. The molecule has 0 radical (unpaired) electrons. The van der Waals surface area contributed by atoms with Crippen molar-refractivity contribution in [3.63, 3.8) is 0 Å². The minimum atomic E-state index is -0.412. The minimum absolute atomic E-state index is 0.384. The average molecular weight is 462 g/mol. The predicted octanol–water partition coefficient (Wildman–Crippen LogP) is 7.14. The Bertz CT molecular complexity index is 1310. The monoisotopic (exact) mass is 462 g/mol. The lowest BCUT2D eigenvalue weighted by Crippen LogP contribution is -2.41. The molecule has 5 heteroatoms. The topological polar surface area (TPSA) is 24.9 Å². The summed E-state index contributed by atoms with van der Waals surface area (Å²) in [4.78, 5) is 4.73. The number of allylic oxidation sites excluding steroid dienone is 3. The van der Waals surface area contributed by atoms with E-state index in [4.69, 9.17) is 9.31 Å². The Hall–Kier alpha value is -3.28. The largest absolute Gasteiger partial charge is 0.494 e. The maximum atomic E-state index is 6.42. The van der Waals surface area contributed by atoms with E-state index in [0.717, 1.165) is 46.7 Å². The van der Waals surface area contributed by atoms with Gasteiger partial charge in [-0.25, -0.2) is 0 Å². The second-order valence-corrected chi connectivity index (χ2v) is 10.4. The van der Waals surface area contributed by atoms with Crippen LogP contribution in [0.4, 0.5) is 28.4 Å². The molecule has 1 saturated heterocycles. The molecule has 176 valence electrons. The van der Waals surface area contributed by atoms with Crippen LogP contribution in [0.1, 0.15) is 40.5 Å². The molecule has 35 heavy (non-hydrogen) atoms. The quantitative estimate of drug-likeness (QED) is 0.386. The summed E-state index contributed by atoms with van der Waals surface area (Å²) in [5, 5.41) is 0. The van der Waals surface area contributed by atoms with Crippen molar-refractivity contribution in [2.75, 3.05) is 9.80 Å². The number of benzene rings is 3. The first-order valence-corrected chi connectivity index (χ1v) is 12.5. The molecule has 6 rings (SSSR count). The number of para-hydroxylation sites is 3. The molecule has 3 aromatic rings. The van der Waals surface area contributed by atoms with E-state index < -0.39 is 7.12 Å². The smallest absolute Gasteiger partial charge is 0.399 e. The van der Waals surface area contributed by atoms with Crippen LogP contribution in [0.2, 0.25) is 0 Å². The second kappa shape index (κ2) is 8.15. The molecule has 0 unspecified atom stereocenters. The summed E-state index contributed by atoms with van der Waals surface area (Å²) in [5.41, 5.74) is 7.17. The van der Waals surface area contributed by atoms with E-state index >= 15 is 0 Å². The van der Waals surface area contributed by atoms with Crippen molar-refractivity contribution >= 4 is 41.0 Å². The van der Waals surface area contributed by atoms with Gasteiger partial charge >= 0.3 is 7.12 Å². The Morgan fingerprint density at radius 2 is 1.31 bits per heavy atom. The van der Waals surface area contributed by atoms with E-state index in [-0.39, 0.29) is 11.2 Å². The molecule has 2 heterocycles. The molecule has 3 aliphatic rings. The van der Waals surface area contributed by atoms with E-state index in [1.807, 2.05) is 0 Å². The Kier molecular flexibility index (Phi) is 5.17. The third kappa shape index (κ3) is 3.62. The fraction of sp³-hybridized carbons (Fsp3) is 0.267. The number of hydrogen-bond donors (Lipinski definition) is 0. The van der Waals surface area contributed by atoms with Gasteiger partial charge in [0.15, 0.2) is 0 Å². The number of rotatable bonds is 3. The molecule has 0 N–H and O–H groups in total. The van der Waals surface area contributed by atoms with Gasteiger partial charge in [0.2, 0.25) is 0 Å². The lowest BCUT2D eigenvalue weighted by atomic mass is 9.78. The summed E-state index contributed by atoms with van der Waals surface area (Å²) in [6.45, 7) is 8.40. The first-order valence-electron chi connectivity index (χ1n) is 12.5. The van der Waals surface area contributed by atoms with Crippen molar-refractivity contribution in [3.8, 4) is 0 Å². The molecule has 0 atom stereocenters. The van der Waals surface area contributed by atoms with E-state index in [1.54, 1.807) is 0 Å². The standard InChI is InChI=1S/C30H31BN2O2/c1-29(2)30(3,4)35-31(34-29)22-19-20-27-28(21-22)33(24-15-9-6-10-16-24)26-18-12-11-17-25(26)32(27)23-13-7-5-8-14-23/h5,7-9,11-21H,6,10H2,1-4H3. The maximum Gasteiger partial charge on any atom is 0.494 e. The lowest BCUT2D eigenvalue weighted by molar-refractivity contribution is 0.00578. The van der Waals surface area contributed by atoms with Crippen molar-refractivity contribution in [3.05, 3.63) is 96.7 Å². The number of nitrogens with zero attached hydrogens (tertiary/aromatic N) is 2. The SMILES string of the molecule is CC1(C)OB(c2ccc3c(c2)N(C2=CCCC=C2)c2ccccc2N3c2ccccc2)OC1(C)C. The van der Waals surface area contributed by atoms with Crippen molar-refractivity contribution in [1.82, 2.24) is 0 Å². The summed E-state index contributed by atoms with van der Waals surface area (Å²) in [5.74, 6) is 0. The third-order valence-electron chi connectivity index (χ3n) is 7.62. The van der Waals surface area contributed by atoms with Gasteiger partial charge in [-0.05, 0) is 88.5 Å². The highest BCUT2D eigenvalue weighted by atomic mass is 16.7. The van der Waals surface area contributed by atoms with Gasteiger partial charge < -0.3 is 19.1 Å². The summed E-state index contributed by atoms with van der Waals surface area (Å²) in [6.07, 6.45) is 8.96. The number of hydrogen-bond acceptors (Lipinski definition) is 4. The highest BCUT2D eigenvalue weighted by molar-refractivity contribution is 6.62. The minimum Gasteiger partial charge on any atom is -0.399 e. The Balaban J connectivity index is 1.54. The molecule has 0 bridgehead atoms. The van der Waals surface area contributed by atoms with Gasteiger partial charge in [0.25, 0.3) is 0 Å². The zero-order valence-corrected chi connectivity index (χ0v) is 20.9. The van der Waals surface area contributed by atoms with Crippen LogP contribution in [0, 0.1) is 0 Å². The first kappa shape index (κ1) is 22.2. The van der Waals surface area contributed by atoms with Crippen LogP contribution in [0.3, 0.4) is 0 Å². The molecule has 0 spiro atoms. The molecular weight excluding hydrogens is 431 g/mol. The Morgan fingerprint density at radius 1 is 0.686 bits per heavy atom. The van der Waals surface area contributed by atoms with Gasteiger partial charge in [-0.1, -0.05) is 48.6 Å². The van der Waals surface area contributed by atoms with E-state index in [2.05, 4.69) is 129 Å². The zero-order valence-electron chi connectivity index (χ0n) is 20.9. The summed E-state index contributed by atoms with van der Waals surface area (Å²) < 4.78 is 12.8. The normalized spacial score (nSPS) is 19.9. The first-order chi connectivity index (χ1) is 16.9. The van der Waals surface area contributed by atoms with Crippen LogP contribution < -0.4 is 15.3 Å². The molecule has 2 aliphatic heterocycles. The molecule has 0 saturated carbocycles. The van der Waals surface area contributed by atoms with Crippen LogP contribution in [-0.4, -0.2) is 18.3 Å². The highest BCUT2D eigenvalue weighted by Crippen LogP contribution is 2.52. The van der Waals surface area contributed by atoms with Gasteiger partial charge in [-0.3, -0.25) is 0 Å². The van der Waals surface area contributed by atoms with Crippen molar-refractivity contribution in [2.24, 2.45) is 0 Å². The number of fused-ring (bicyclic) bond motifs is 2. The summed E-state index contributed by atoms with van der Waals surface area (Å²) >= 11 is 0. The summed E-state index contributed by atoms with van der Waals surface area (Å²) in [7, 11) is -0.412. The van der Waals surface area contributed by atoms with Gasteiger partial charge in [0, 0.05) is 11.4 Å². The fourth-order valence-electron chi connectivity index (χ4n) is 5.04. The Morgan fingerprint density at radius 3 is 1.97 bits per heavy atom. The molecule has 1 fully saturated rings. The molecule has 0 amide bonds. The van der Waals surface area contributed by atoms with Crippen LogP contribution in [0.15, 0.2) is 96.7 Å². The van der Waals surface area contributed by atoms with E-state index in [9.17, 15) is 0 Å². The van der Waals surface area contributed by atoms with Crippen LogP contribution in [0.25, 0.3) is 0 Å². The van der Waals surface area contributed by atoms with Crippen LogP contribution in [0.5, 0.6) is 0 Å². The molecule has 3 aromatic carbocycles. The van der Waals surface area contributed by atoms with Gasteiger partial charge in [0.1, 0.15) is 0 Å². The lowest BCUT2D eigenvalue weighted by Gasteiger charge is -2.41. The fourth-order valence-corrected chi connectivity index (χ4v) is 5.04. The molecule has 1 aliphatic carbocycles. The average Bonchev–Trinajstić information content (AvgIpc) is 3.09. The zero-order chi connectivity index (χ0) is 24.2. The molecular formula is C30H31BN2O2. The van der Waals surface area contributed by atoms with Gasteiger partial charge in [-0.15, -0.1) is 0 Å². The highest BCUT2D eigenvalue weighted by Gasteiger charge is 2.52. The van der Waals surface area contributed by atoms with Crippen LogP contribution in [-0.2, 0) is 9.31 Å². The van der Waals surface area contributed by atoms with E-state index in [0.29, 0.717) is 0 Å². The summed E-state index contributed by atoms with van der Waals surface area (Å²) in [6, 6.07) is 25.8. The van der Waals surface area contributed by atoms with Crippen molar-refractivity contribution in [2.45, 2.75) is 51.7 Å². The van der Waals surface area contributed by atoms with Gasteiger partial charge in [-0.2, -0.15) is 0 Å². The maximum absolute atomic E-state index is 6.42. The molecule has 4 nitrogen and oxygen atoms in total. The second-order valence-electron chi connectivity index (χ2n) is 10.4. The number of anilines is 5. The van der Waals surface area contributed by atoms with Gasteiger partial charge in [0.05, 0.1) is 34.0 Å². The van der Waals surface area contributed by atoms with Crippen molar-refractivity contribution in [1.29, 1.82) is 0 Å². The molecule has 0 aromatic heterocycles. The van der Waals surface area contributed by atoms with Crippen LogP contribution >= 0.6 is 0 Å². The Labute approximate surface area is 208 Å².